The minimum absolute atomic E-state index is 0.127. The van der Waals surface area contributed by atoms with E-state index in [0.717, 1.165) is 35.2 Å². The summed E-state index contributed by atoms with van der Waals surface area (Å²) in [6.07, 6.45) is 0.435. The molecule has 3 rings (SSSR count). The van der Waals surface area contributed by atoms with Crippen LogP contribution in [0.3, 0.4) is 0 Å². The van der Waals surface area contributed by atoms with E-state index in [9.17, 15) is 13.6 Å². The summed E-state index contributed by atoms with van der Waals surface area (Å²) in [4.78, 5) is 11.9. The third-order valence-electron chi connectivity index (χ3n) is 3.52. The molecule has 0 saturated carbocycles. The van der Waals surface area contributed by atoms with E-state index in [1.54, 1.807) is 7.11 Å². The van der Waals surface area contributed by atoms with E-state index in [1.165, 1.54) is 6.07 Å². The summed E-state index contributed by atoms with van der Waals surface area (Å²) in [6, 6.07) is 10.8. The first-order valence-corrected chi connectivity index (χ1v) is 8.85. The molecule has 0 unspecified atom stereocenters. The number of methoxy groups -OCH3 is 1. The van der Waals surface area contributed by atoms with Gasteiger partial charge in [0.25, 0.3) is 5.22 Å². The first kappa shape index (κ1) is 18.8. The van der Waals surface area contributed by atoms with Crippen LogP contribution in [-0.2, 0) is 11.2 Å². The maximum atomic E-state index is 13.5. The van der Waals surface area contributed by atoms with E-state index >= 15 is 0 Å². The van der Waals surface area contributed by atoms with Gasteiger partial charge >= 0.3 is 0 Å². The standard InChI is InChI=1S/C18H15F2N3O3S/c1-25-12-7-5-11(6-8-12)9-16-22-23-18(26-16)27-10-15(24)21-17-13(19)3-2-4-14(17)20/h2-8H,9-10H2,1H3,(H,21,24). The van der Waals surface area contributed by atoms with Gasteiger partial charge in [-0.05, 0) is 29.8 Å². The Morgan fingerprint density at radius 3 is 2.52 bits per heavy atom. The SMILES string of the molecule is COc1ccc(Cc2nnc(SCC(=O)Nc3c(F)cccc3F)o2)cc1. The fourth-order valence-corrected chi connectivity index (χ4v) is 2.79. The van der Waals surface area contributed by atoms with Crippen LogP contribution in [0.1, 0.15) is 11.5 Å². The van der Waals surface area contributed by atoms with Gasteiger partial charge in [-0.2, -0.15) is 0 Å². The van der Waals surface area contributed by atoms with Gasteiger partial charge in [-0.15, -0.1) is 10.2 Å². The van der Waals surface area contributed by atoms with Gasteiger partial charge in [-0.25, -0.2) is 8.78 Å². The van der Waals surface area contributed by atoms with Crippen molar-refractivity contribution in [2.75, 3.05) is 18.2 Å². The molecule has 2 aromatic carbocycles. The molecule has 0 aliphatic rings. The van der Waals surface area contributed by atoms with Crippen LogP contribution in [0.2, 0.25) is 0 Å². The van der Waals surface area contributed by atoms with Gasteiger partial charge in [0.2, 0.25) is 11.8 Å². The summed E-state index contributed by atoms with van der Waals surface area (Å²) in [7, 11) is 1.59. The number of ether oxygens (including phenoxy) is 1. The summed E-state index contributed by atoms with van der Waals surface area (Å²) >= 11 is 0.980. The average molecular weight is 391 g/mol. The molecule has 0 radical (unpaired) electrons. The Labute approximate surface area is 157 Å². The van der Waals surface area contributed by atoms with Crippen LogP contribution in [0.15, 0.2) is 52.1 Å². The second-order valence-corrected chi connectivity index (χ2v) is 6.35. The Hall–Kier alpha value is -2.94. The van der Waals surface area contributed by atoms with Crippen molar-refractivity contribution in [3.05, 3.63) is 65.6 Å². The highest BCUT2D eigenvalue weighted by molar-refractivity contribution is 7.99. The molecule has 1 aromatic heterocycles. The maximum absolute atomic E-state index is 13.5. The van der Waals surface area contributed by atoms with Gasteiger partial charge in [0, 0.05) is 0 Å². The van der Waals surface area contributed by atoms with Crippen molar-refractivity contribution in [2.45, 2.75) is 11.6 Å². The zero-order chi connectivity index (χ0) is 19.2. The lowest BCUT2D eigenvalue weighted by atomic mass is 10.1. The summed E-state index contributed by atoms with van der Waals surface area (Å²) in [5.74, 6) is -1.25. The highest BCUT2D eigenvalue weighted by atomic mass is 32.2. The van der Waals surface area contributed by atoms with Crippen LogP contribution >= 0.6 is 11.8 Å². The minimum Gasteiger partial charge on any atom is -0.497 e. The van der Waals surface area contributed by atoms with Crippen molar-refractivity contribution in [1.29, 1.82) is 0 Å². The molecule has 0 bridgehead atoms. The van der Waals surface area contributed by atoms with Crippen LogP contribution in [-0.4, -0.2) is 29.0 Å². The van der Waals surface area contributed by atoms with E-state index in [1.807, 2.05) is 24.3 Å². The summed E-state index contributed by atoms with van der Waals surface area (Å²) in [5, 5.41) is 10.2. The zero-order valence-corrected chi connectivity index (χ0v) is 15.1. The predicted molar refractivity (Wildman–Crippen MR) is 95.8 cm³/mol. The van der Waals surface area contributed by atoms with Crippen molar-refractivity contribution in [1.82, 2.24) is 10.2 Å². The molecule has 0 aliphatic carbocycles. The van der Waals surface area contributed by atoms with Crippen molar-refractivity contribution in [3.8, 4) is 5.75 Å². The lowest BCUT2D eigenvalue weighted by Gasteiger charge is -2.06. The van der Waals surface area contributed by atoms with Gasteiger partial charge in [0.15, 0.2) is 0 Å². The molecule has 0 aliphatic heterocycles. The smallest absolute Gasteiger partial charge is 0.277 e. The number of aromatic nitrogens is 2. The molecule has 1 N–H and O–H groups in total. The Balaban J connectivity index is 1.53. The lowest BCUT2D eigenvalue weighted by molar-refractivity contribution is -0.113. The first-order chi connectivity index (χ1) is 13.0. The number of hydrogen-bond acceptors (Lipinski definition) is 6. The molecule has 27 heavy (non-hydrogen) atoms. The number of benzene rings is 2. The molecule has 1 heterocycles. The molecule has 9 heteroatoms. The van der Waals surface area contributed by atoms with Crippen LogP contribution in [0, 0.1) is 11.6 Å². The van der Waals surface area contributed by atoms with Gasteiger partial charge in [0.05, 0.1) is 19.3 Å². The summed E-state index contributed by atoms with van der Waals surface area (Å²) in [6.45, 7) is 0. The number of carbonyl (C=O) groups excluding carboxylic acids is 1. The number of para-hydroxylation sites is 1. The molecular formula is C18H15F2N3O3S. The van der Waals surface area contributed by atoms with Crippen molar-refractivity contribution < 1.29 is 22.7 Å². The van der Waals surface area contributed by atoms with Crippen LogP contribution in [0.25, 0.3) is 0 Å². The second-order valence-electron chi connectivity index (χ2n) is 5.42. The Morgan fingerprint density at radius 1 is 1.15 bits per heavy atom. The molecule has 0 atom stereocenters. The summed E-state index contributed by atoms with van der Waals surface area (Å²) < 4.78 is 37.6. The van der Waals surface area contributed by atoms with Gasteiger partial charge in [-0.3, -0.25) is 4.79 Å². The van der Waals surface area contributed by atoms with Crippen LogP contribution in [0.4, 0.5) is 14.5 Å². The van der Waals surface area contributed by atoms with Crippen LogP contribution < -0.4 is 10.1 Å². The summed E-state index contributed by atoms with van der Waals surface area (Å²) in [5.41, 5.74) is 0.484. The topological polar surface area (TPSA) is 77.2 Å². The Bertz CT molecular complexity index is 912. The quantitative estimate of drug-likeness (QED) is 0.619. The number of carbonyl (C=O) groups is 1. The number of anilines is 1. The fourth-order valence-electron chi connectivity index (χ4n) is 2.21. The maximum Gasteiger partial charge on any atom is 0.277 e. The second kappa shape index (κ2) is 8.63. The number of nitrogens with one attached hydrogen (secondary N) is 1. The number of thioether (sulfide) groups is 1. The lowest BCUT2D eigenvalue weighted by Crippen LogP contribution is -2.16. The predicted octanol–water partition coefficient (Wildman–Crippen LogP) is 3.68. The van der Waals surface area contributed by atoms with E-state index in [4.69, 9.17) is 9.15 Å². The molecule has 140 valence electrons. The van der Waals surface area contributed by atoms with E-state index < -0.39 is 23.2 Å². The average Bonchev–Trinajstić information content (AvgIpc) is 3.11. The van der Waals surface area contributed by atoms with Crippen molar-refractivity contribution in [2.24, 2.45) is 0 Å². The monoisotopic (exact) mass is 391 g/mol. The minimum atomic E-state index is -0.840. The Morgan fingerprint density at radius 2 is 1.85 bits per heavy atom. The number of nitrogens with zero attached hydrogens (tertiary/aromatic N) is 2. The van der Waals surface area contributed by atoms with E-state index in [-0.39, 0.29) is 11.0 Å². The van der Waals surface area contributed by atoms with Gasteiger partial charge in [0.1, 0.15) is 23.1 Å². The van der Waals surface area contributed by atoms with Gasteiger partial charge < -0.3 is 14.5 Å². The molecule has 0 fully saturated rings. The van der Waals surface area contributed by atoms with Gasteiger partial charge in [-0.1, -0.05) is 30.0 Å². The van der Waals surface area contributed by atoms with Crippen LogP contribution in [0.5, 0.6) is 5.75 Å². The molecular weight excluding hydrogens is 376 g/mol. The molecule has 0 saturated heterocycles. The third kappa shape index (κ3) is 5.04. The fraction of sp³-hybridized carbons (Fsp3) is 0.167. The molecule has 1 amide bonds. The number of amides is 1. The number of rotatable bonds is 7. The first-order valence-electron chi connectivity index (χ1n) is 7.87. The normalized spacial score (nSPS) is 10.6. The highest BCUT2D eigenvalue weighted by Crippen LogP contribution is 2.21. The van der Waals surface area contributed by atoms with E-state index in [0.29, 0.717) is 12.3 Å². The largest absolute Gasteiger partial charge is 0.497 e. The number of halogens is 2. The van der Waals surface area contributed by atoms with Crippen molar-refractivity contribution in [3.63, 3.8) is 0 Å². The van der Waals surface area contributed by atoms with Crippen molar-refractivity contribution >= 4 is 23.4 Å². The molecule has 0 spiro atoms. The number of hydrogen-bond donors (Lipinski definition) is 1. The molecule has 6 nitrogen and oxygen atoms in total. The third-order valence-corrected chi connectivity index (χ3v) is 4.34. The molecule has 3 aromatic rings. The zero-order valence-electron chi connectivity index (χ0n) is 14.2. The van der Waals surface area contributed by atoms with E-state index in [2.05, 4.69) is 15.5 Å². The highest BCUT2D eigenvalue weighted by Gasteiger charge is 2.14. The Kier molecular flexibility index (Phi) is 6.02.